The minimum Gasteiger partial charge on any atom is -0.480 e. The number of likely N-dealkylation sites (tertiary alicyclic amines) is 1. The normalized spacial score (nSPS) is 27.1. The minimum atomic E-state index is -0.883. The summed E-state index contributed by atoms with van der Waals surface area (Å²) in [5, 5.41) is 9.56. The van der Waals surface area contributed by atoms with Gasteiger partial charge in [0.05, 0.1) is 15.7 Å². The van der Waals surface area contributed by atoms with Gasteiger partial charge < -0.3 is 10.0 Å². The number of carbonyl (C=O) groups excluding carboxylic acids is 1. The second-order valence-electron chi connectivity index (χ2n) is 6.45. The number of aliphatic carboxylic acids is 1. The molecule has 23 heavy (non-hydrogen) atoms. The Labute approximate surface area is 137 Å². The Balaban J connectivity index is 1.70. The van der Waals surface area contributed by atoms with E-state index in [-0.39, 0.29) is 11.9 Å². The molecule has 1 aliphatic heterocycles. The molecule has 5 nitrogen and oxygen atoms in total. The van der Waals surface area contributed by atoms with Gasteiger partial charge in [-0.15, -0.1) is 11.3 Å². The second kappa shape index (κ2) is 5.60. The summed E-state index contributed by atoms with van der Waals surface area (Å²) in [5.74, 6) is -0.699. The van der Waals surface area contributed by atoms with Crippen LogP contribution in [0.4, 0.5) is 0 Å². The molecule has 1 aromatic heterocycles. The van der Waals surface area contributed by atoms with Gasteiger partial charge in [0, 0.05) is 11.6 Å². The van der Waals surface area contributed by atoms with Crippen molar-refractivity contribution in [3.05, 3.63) is 29.3 Å². The van der Waals surface area contributed by atoms with Crippen molar-refractivity contribution in [2.75, 3.05) is 0 Å². The number of carboxylic acids is 1. The van der Waals surface area contributed by atoms with Gasteiger partial charge in [-0.2, -0.15) is 0 Å². The summed E-state index contributed by atoms with van der Waals surface area (Å²) in [6, 6.07) is 4.83. The first kappa shape index (κ1) is 14.6. The first-order chi connectivity index (χ1) is 11.1. The lowest BCUT2D eigenvalue weighted by atomic mass is 9.84. The molecule has 2 aromatic rings. The van der Waals surface area contributed by atoms with Crippen LogP contribution >= 0.6 is 11.3 Å². The molecule has 1 N–H and O–H groups in total. The predicted octanol–water partition coefficient (Wildman–Crippen LogP) is 3.15. The highest BCUT2D eigenvalue weighted by Gasteiger charge is 2.47. The maximum atomic E-state index is 13.0. The molecule has 1 saturated carbocycles. The van der Waals surface area contributed by atoms with Gasteiger partial charge in [-0.05, 0) is 43.4 Å². The number of thiazole rings is 1. The van der Waals surface area contributed by atoms with Crippen molar-refractivity contribution in [3.8, 4) is 0 Å². The quantitative estimate of drug-likeness (QED) is 0.918. The Hall–Kier alpha value is -1.95. The third kappa shape index (κ3) is 2.41. The highest BCUT2D eigenvalue weighted by atomic mass is 32.1. The molecule has 2 aliphatic rings. The van der Waals surface area contributed by atoms with Crippen LogP contribution in [0.3, 0.4) is 0 Å². The van der Waals surface area contributed by atoms with Crippen LogP contribution in [0.25, 0.3) is 10.2 Å². The van der Waals surface area contributed by atoms with Gasteiger partial charge in [0.25, 0.3) is 5.91 Å². The lowest BCUT2D eigenvalue weighted by Gasteiger charge is -2.33. The van der Waals surface area contributed by atoms with Crippen LogP contribution in [0.5, 0.6) is 0 Å². The number of carbonyl (C=O) groups is 2. The summed E-state index contributed by atoms with van der Waals surface area (Å²) in [4.78, 5) is 30.6. The van der Waals surface area contributed by atoms with Crippen molar-refractivity contribution in [2.24, 2.45) is 5.92 Å². The molecule has 1 saturated heterocycles. The largest absolute Gasteiger partial charge is 0.480 e. The number of fused-ring (bicyclic) bond motifs is 2. The summed E-state index contributed by atoms with van der Waals surface area (Å²) in [6.07, 6.45) is 4.76. The highest BCUT2D eigenvalue weighted by Crippen LogP contribution is 2.40. The third-order valence-corrected chi connectivity index (χ3v) is 5.98. The first-order valence-electron chi connectivity index (χ1n) is 8.04. The Kier molecular flexibility index (Phi) is 3.56. The van der Waals surface area contributed by atoms with E-state index >= 15 is 0 Å². The summed E-state index contributed by atoms with van der Waals surface area (Å²) >= 11 is 1.49. The average Bonchev–Trinajstić information content (AvgIpc) is 3.17. The van der Waals surface area contributed by atoms with E-state index in [0.717, 1.165) is 35.9 Å². The Bertz CT molecular complexity index is 772. The smallest absolute Gasteiger partial charge is 0.326 e. The van der Waals surface area contributed by atoms with E-state index in [4.69, 9.17) is 0 Å². The van der Waals surface area contributed by atoms with E-state index < -0.39 is 12.0 Å². The van der Waals surface area contributed by atoms with Crippen LogP contribution in [0.1, 0.15) is 42.5 Å². The van der Waals surface area contributed by atoms with E-state index in [1.165, 1.54) is 11.3 Å². The van der Waals surface area contributed by atoms with Crippen LogP contribution in [0.2, 0.25) is 0 Å². The topological polar surface area (TPSA) is 70.5 Å². The molecule has 0 unspecified atom stereocenters. The van der Waals surface area contributed by atoms with Gasteiger partial charge >= 0.3 is 5.97 Å². The SMILES string of the molecule is O=C(O)[C@@H]1C[C@@H]2CCCC[C@H]2N1C(=O)c1ccc2ncsc2c1. The molecule has 0 bridgehead atoms. The number of benzene rings is 1. The number of amides is 1. The summed E-state index contributed by atoms with van der Waals surface area (Å²) in [5.41, 5.74) is 3.20. The molecule has 1 aliphatic carbocycles. The molecule has 1 amide bonds. The maximum Gasteiger partial charge on any atom is 0.326 e. The van der Waals surface area contributed by atoms with Crippen LogP contribution in [-0.2, 0) is 4.79 Å². The molecular weight excluding hydrogens is 312 g/mol. The van der Waals surface area contributed by atoms with Crippen molar-refractivity contribution in [3.63, 3.8) is 0 Å². The molecule has 120 valence electrons. The summed E-state index contributed by atoms with van der Waals surface area (Å²) in [7, 11) is 0. The third-order valence-electron chi connectivity index (χ3n) is 5.19. The zero-order valence-corrected chi connectivity index (χ0v) is 13.5. The number of nitrogens with zero attached hydrogens (tertiary/aromatic N) is 2. The van der Waals surface area contributed by atoms with E-state index in [0.29, 0.717) is 17.9 Å². The van der Waals surface area contributed by atoms with Gasteiger partial charge in [0.2, 0.25) is 0 Å². The van der Waals surface area contributed by atoms with Gasteiger partial charge in [0.1, 0.15) is 6.04 Å². The number of carboxylic acid groups (broad SMARTS) is 1. The fourth-order valence-electron chi connectivity index (χ4n) is 4.11. The van der Waals surface area contributed by atoms with Gasteiger partial charge in [0.15, 0.2) is 0 Å². The van der Waals surface area contributed by atoms with E-state index in [2.05, 4.69) is 4.98 Å². The molecule has 1 aromatic carbocycles. The molecule has 0 radical (unpaired) electrons. The van der Waals surface area contributed by atoms with Gasteiger partial charge in [-0.3, -0.25) is 4.79 Å². The van der Waals surface area contributed by atoms with Crippen molar-refractivity contribution >= 4 is 33.4 Å². The maximum absolute atomic E-state index is 13.0. The second-order valence-corrected chi connectivity index (χ2v) is 7.34. The minimum absolute atomic E-state index is 0.0782. The predicted molar refractivity (Wildman–Crippen MR) is 87.6 cm³/mol. The van der Waals surface area contributed by atoms with Gasteiger partial charge in [-0.1, -0.05) is 12.8 Å². The zero-order chi connectivity index (χ0) is 16.0. The van der Waals surface area contributed by atoms with Crippen molar-refractivity contribution in [2.45, 2.75) is 44.2 Å². The van der Waals surface area contributed by atoms with E-state index in [9.17, 15) is 14.7 Å². The summed E-state index contributed by atoms with van der Waals surface area (Å²) < 4.78 is 0.960. The Morgan fingerprint density at radius 1 is 1.26 bits per heavy atom. The molecule has 2 fully saturated rings. The molecule has 2 heterocycles. The van der Waals surface area contributed by atoms with Crippen molar-refractivity contribution < 1.29 is 14.7 Å². The number of hydrogen-bond acceptors (Lipinski definition) is 4. The van der Waals surface area contributed by atoms with Crippen LogP contribution < -0.4 is 0 Å². The molecule has 3 atom stereocenters. The monoisotopic (exact) mass is 330 g/mol. The number of aromatic nitrogens is 1. The number of rotatable bonds is 2. The standard InChI is InChI=1S/C17H18N2O3S/c20-16(11-5-6-12-15(8-11)23-9-18-12)19-13-4-2-1-3-10(13)7-14(19)17(21)22/h5-6,8-10,13-14H,1-4,7H2,(H,21,22)/t10-,13+,14-/m0/s1. The molecular formula is C17H18N2O3S. The van der Waals surface area contributed by atoms with Crippen molar-refractivity contribution in [1.29, 1.82) is 0 Å². The Morgan fingerprint density at radius 3 is 2.91 bits per heavy atom. The van der Waals surface area contributed by atoms with Crippen molar-refractivity contribution in [1.82, 2.24) is 9.88 Å². The average molecular weight is 330 g/mol. The van der Waals surface area contributed by atoms with Gasteiger partial charge in [-0.25, -0.2) is 9.78 Å². The lowest BCUT2D eigenvalue weighted by Crippen LogP contribution is -2.46. The fourth-order valence-corrected chi connectivity index (χ4v) is 4.83. The Morgan fingerprint density at radius 2 is 2.09 bits per heavy atom. The molecule has 4 rings (SSSR count). The summed E-state index contributed by atoms with van der Waals surface area (Å²) in [6.45, 7) is 0. The van der Waals surface area contributed by atoms with E-state index in [1.54, 1.807) is 16.5 Å². The number of hydrogen-bond donors (Lipinski definition) is 1. The fraction of sp³-hybridized carbons (Fsp3) is 0.471. The van der Waals surface area contributed by atoms with Crippen LogP contribution in [-0.4, -0.2) is 39.0 Å². The highest BCUT2D eigenvalue weighted by molar-refractivity contribution is 7.16. The lowest BCUT2D eigenvalue weighted by molar-refractivity contribution is -0.141. The molecule has 6 heteroatoms. The van der Waals surface area contributed by atoms with E-state index in [1.807, 2.05) is 12.1 Å². The van der Waals surface area contributed by atoms with Crippen LogP contribution in [0, 0.1) is 5.92 Å². The van der Waals surface area contributed by atoms with Crippen LogP contribution in [0.15, 0.2) is 23.7 Å². The zero-order valence-electron chi connectivity index (χ0n) is 12.6. The first-order valence-corrected chi connectivity index (χ1v) is 8.92. The molecule has 0 spiro atoms.